The molecule has 0 saturated heterocycles. The van der Waals surface area contributed by atoms with Gasteiger partial charge in [0, 0.05) is 12.7 Å². The highest BCUT2D eigenvalue weighted by Gasteiger charge is 2.19. The Kier molecular flexibility index (Phi) is 3.82. The van der Waals surface area contributed by atoms with Crippen molar-refractivity contribution >= 4 is 23.3 Å². The summed E-state index contributed by atoms with van der Waals surface area (Å²) in [5.41, 5.74) is 2.14. The van der Waals surface area contributed by atoms with E-state index in [2.05, 4.69) is 47.4 Å². The van der Waals surface area contributed by atoms with Crippen molar-refractivity contribution in [3.05, 3.63) is 23.2 Å². The Bertz CT molecular complexity index is 582. The van der Waals surface area contributed by atoms with E-state index in [1.165, 1.54) is 0 Å². The molecular weight excluding hydrogens is 244 g/mol. The second-order valence-corrected chi connectivity index (χ2v) is 5.65. The maximum absolute atomic E-state index is 5.46. The van der Waals surface area contributed by atoms with Crippen LogP contribution >= 0.6 is 12.2 Å². The standard InChI is InChI=1S/C13H20N4S/c1-9(2)12(8-16(3)4)17-11-5-6-14-7-10(11)15-13(17)18/h5-7,9,12H,8H2,1-4H3,(H,15,18). The van der Waals surface area contributed by atoms with Crippen molar-refractivity contribution < 1.29 is 0 Å². The molecule has 1 unspecified atom stereocenters. The maximum atomic E-state index is 5.46. The number of pyridine rings is 1. The van der Waals surface area contributed by atoms with Crippen molar-refractivity contribution in [2.24, 2.45) is 5.92 Å². The van der Waals surface area contributed by atoms with Crippen LogP contribution < -0.4 is 0 Å². The quantitative estimate of drug-likeness (QED) is 0.863. The number of rotatable bonds is 4. The van der Waals surface area contributed by atoms with Gasteiger partial charge in [-0.15, -0.1) is 0 Å². The molecule has 0 spiro atoms. The van der Waals surface area contributed by atoms with Crippen LogP contribution in [-0.4, -0.2) is 40.1 Å². The van der Waals surface area contributed by atoms with Gasteiger partial charge < -0.3 is 14.5 Å². The van der Waals surface area contributed by atoms with Gasteiger partial charge in [-0.2, -0.15) is 0 Å². The van der Waals surface area contributed by atoms with Crippen LogP contribution in [0.5, 0.6) is 0 Å². The molecule has 0 aromatic carbocycles. The molecule has 2 rings (SSSR count). The van der Waals surface area contributed by atoms with Crippen molar-refractivity contribution in [3.63, 3.8) is 0 Å². The van der Waals surface area contributed by atoms with Crippen LogP contribution in [0.3, 0.4) is 0 Å². The van der Waals surface area contributed by atoms with E-state index in [4.69, 9.17) is 12.2 Å². The Morgan fingerprint density at radius 3 is 2.78 bits per heavy atom. The van der Waals surface area contributed by atoms with E-state index in [0.29, 0.717) is 12.0 Å². The van der Waals surface area contributed by atoms with Gasteiger partial charge in [0.1, 0.15) is 0 Å². The molecule has 0 aliphatic rings. The lowest BCUT2D eigenvalue weighted by Crippen LogP contribution is -2.28. The second-order valence-electron chi connectivity index (χ2n) is 5.27. The lowest BCUT2D eigenvalue weighted by atomic mass is 10.0. The minimum atomic E-state index is 0.364. The predicted octanol–water partition coefficient (Wildman–Crippen LogP) is 2.85. The summed E-state index contributed by atoms with van der Waals surface area (Å²) >= 11 is 5.46. The van der Waals surface area contributed by atoms with Gasteiger partial charge in [0.25, 0.3) is 0 Å². The third-order valence-electron chi connectivity index (χ3n) is 3.17. The van der Waals surface area contributed by atoms with E-state index >= 15 is 0 Å². The first-order chi connectivity index (χ1) is 8.50. The SMILES string of the molecule is CC(C)C(CN(C)C)n1c(=S)[nH]c2cnccc21. The molecule has 18 heavy (non-hydrogen) atoms. The van der Waals surface area contributed by atoms with E-state index in [0.717, 1.165) is 22.3 Å². The molecule has 0 saturated carbocycles. The number of nitrogens with one attached hydrogen (secondary N) is 1. The molecule has 1 N–H and O–H groups in total. The fourth-order valence-corrected chi connectivity index (χ4v) is 2.62. The Morgan fingerprint density at radius 1 is 1.44 bits per heavy atom. The van der Waals surface area contributed by atoms with Gasteiger partial charge in [-0.3, -0.25) is 4.98 Å². The van der Waals surface area contributed by atoms with Crippen LogP contribution in [0.25, 0.3) is 11.0 Å². The Labute approximate surface area is 113 Å². The third-order valence-corrected chi connectivity index (χ3v) is 3.47. The van der Waals surface area contributed by atoms with Crippen LogP contribution in [-0.2, 0) is 0 Å². The molecule has 5 heteroatoms. The van der Waals surface area contributed by atoms with E-state index in [1.54, 1.807) is 0 Å². The lowest BCUT2D eigenvalue weighted by Gasteiger charge is -2.26. The van der Waals surface area contributed by atoms with Crippen molar-refractivity contribution in [1.29, 1.82) is 0 Å². The zero-order valence-corrected chi connectivity index (χ0v) is 12.2. The Balaban J connectivity index is 2.56. The summed E-state index contributed by atoms with van der Waals surface area (Å²) in [6, 6.07) is 2.38. The van der Waals surface area contributed by atoms with E-state index in [1.807, 2.05) is 18.5 Å². The van der Waals surface area contributed by atoms with Crippen molar-refractivity contribution in [2.75, 3.05) is 20.6 Å². The fraction of sp³-hybridized carbons (Fsp3) is 0.538. The second kappa shape index (κ2) is 5.20. The summed E-state index contributed by atoms with van der Waals surface area (Å²) in [5.74, 6) is 0.520. The van der Waals surface area contributed by atoms with Crippen LogP contribution in [0.2, 0.25) is 0 Å². The number of aromatic amines is 1. The smallest absolute Gasteiger partial charge is 0.178 e. The summed E-state index contributed by atoms with van der Waals surface area (Å²) in [7, 11) is 4.19. The highest BCUT2D eigenvalue weighted by Crippen LogP contribution is 2.24. The first-order valence-electron chi connectivity index (χ1n) is 6.19. The molecular formula is C13H20N4S. The van der Waals surface area contributed by atoms with Gasteiger partial charge in [0.2, 0.25) is 0 Å². The van der Waals surface area contributed by atoms with Crippen molar-refractivity contribution in [3.8, 4) is 0 Å². The Morgan fingerprint density at radius 2 is 2.17 bits per heavy atom. The highest BCUT2D eigenvalue weighted by molar-refractivity contribution is 7.71. The molecule has 2 aromatic rings. The van der Waals surface area contributed by atoms with Crippen molar-refractivity contribution in [1.82, 2.24) is 19.4 Å². The monoisotopic (exact) mass is 264 g/mol. The predicted molar refractivity (Wildman–Crippen MR) is 77.3 cm³/mol. The summed E-state index contributed by atoms with van der Waals surface area (Å²) in [6.07, 6.45) is 3.64. The fourth-order valence-electron chi connectivity index (χ4n) is 2.27. The number of hydrogen-bond acceptors (Lipinski definition) is 3. The number of hydrogen-bond donors (Lipinski definition) is 1. The third kappa shape index (κ3) is 2.47. The highest BCUT2D eigenvalue weighted by atomic mass is 32.1. The first kappa shape index (κ1) is 13.2. The molecule has 0 aliphatic heterocycles. The van der Waals surface area contributed by atoms with E-state index in [9.17, 15) is 0 Å². The van der Waals surface area contributed by atoms with Crippen LogP contribution in [0.15, 0.2) is 18.5 Å². The summed E-state index contributed by atoms with van der Waals surface area (Å²) in [6.45, 7) is 5.44. The largest absolute Gasteiger partial charge is 0.329 e. The number of nitrogens with zero attached hydrogens (tertiary/aromatic N) is 3. The number of likely N-dealkylation sites (N-methyl/N-ethyl adjacent to an activating group) is 1. The minimum absolute atomic E-state index is 0.364. The molecule has 0 amide bonds. The Hall–Kier alpha value is -1.20. The number of aromatic nitrogens is 3. The maximum Gasteiger partial charge on any atom is 0.178 e. The molecule has 2 aromatic heterocycles. The number of fused-ring (bicyclic) bond motifs is 1. The van der Waals surface area contributed by atoms with Crippen LogP contribution in [0, 0.1) is 10.7 Å². The van der Waals surface area contributed by atoms with Gasteiger partial charge in [-0.1, -0.05) is 13.8 Å². The topological polar surface area (TPSA) is 36.9 Å². The molecule has 1 atom stereocenters. The molecule has 98 valence electrons. The molecule has 0 fully saturated rings. The van der Waals surface area contributed by atoms with Gasteiger partial charge in [-0.25, -0.2) is 0 Å². The summed E-state index contributed by atoms with van der Waals surface area (Å²) in [4.78, 5) is 9.56. The van der Waals surface area contributed by atoms with Crippen LogP contribution in [0.1, 0.15) is 19.9 Å². The lowest BCUT2D eigenvalue weighted by molar-refractivity contribution is 0.272. The first-order valence-corrected chi connectivity index (χ1v) is 6.60. The van der Waals surface area contributed by atoms with E-state index < -0.39 is 0 Å². The zero-order chi connectivity index (χ0) is 13.3. The molecule has 0 bridgehead atoms. The normalized spacial score (nSPS) is 13.7. The number of H-pyrrole nitrogens is 1. The molecule has 0 aliphatic carbocycles. The molecule has 0 radical (unpaired) electrons. The molecule has 4 nitrogen and oxygen atoms in total. The van der Waals surface area contributed by atoms with Crippen LogP contribution in [0.4, 0.5) is 0 Å². The average Bonchev–Trinajstić information content (AvgIpc) is 2.61. The summed E-state index contributed by atoms with van der Waals surface area (Å²) < 4.78 is 3.00. The van der Waals surface area contributed by atoms with Gasteiger partial charge in [-0.05, 0) is 38.3 Å². The zero-order valence-electron chi connectivity index (χ0n) is 11.3. The minimum Gasteiger partial charge on any atom is -0.329 e. The van der Waals surface area contributed by atoms with Gasteiger partial charge in [0.15, 0.2) is 4.77 Å². The van der Waals surface area contributed by atoms with E-state index in [-0.39, 0.29) is 0 Å². The van der Waals surface area contributed by atoms with Gasteiger partial charge >= 0.3 is 0 Å². The number of imidazole rings is 1. The van der Waals surface area contributed by atoms with Gasteiger partial charge in [0.05, 0.1) is 23.3 Å². The van der Waals surface area contributed by atoms with Crippen molar-refractivity contribution in [2.45, 2.75) is 19.9 Å². The molecule has 2 heterocycles. The summed E-state index contributed by atoms with van der Waals surface area (Å²) in [5, 5.41) is 0. The average molecular weight is 264 g/mol.